The minimum Gasteiger partial charge on any atom is -0.390 e. The van der Waals surface area contributed by atoms with Gasteiger partial charge in [-0.2, -0.15) is 0 Å². The molecular weight excluding hydrogens is 339 g/mol. The quantitative estimate of drug-likeness (QED) is 0.833. The van der Waals surface area contributed by atoms with Gasteiger partial charge < -0.3 is 9.84 Å². The topological polar surface area (TPSA) is 29.5 Å². The number of hydrogen-bond acceptors (Lipinski definition) is 2. The summed E-state index contributed by atoms with van der Waals surface area (Å²) in [6.07, 6.45) is 5.84. The Bertz CT molecular complexity index is 369. The third-order valence-corrected chi connectivity index (χ3v) is 4.78. The maximum Gasteiger partial charge on any atom is 0.0939 e. The molecule has 0 bridgehead atoms. The predicted molar refractivity (Wildman–Crippen MR) is 81.7 cm³/mol. The molecule has 0 amide bonds. The van der Waals surface area contributed by atoms with Gasteiger partial charge in [0.25, 0.3) is 0 Å². The first-order valence-corrected chi connectivity index (χ1v) is 7.72. The van der Waals surface area contributed by atoms with E-state index in [-0.39, 0.29) is 5.60 Å². The molecule has 0 radical (unpaired) electrons. The van der Waals surface area contributed by atoms with Gasteiger partial charge in [0, 0.05) is 17.1 Å². The lowest BCUT2D eigenvalue weighted by atomic mass is 9.78. The van der Waals surface area contributed by atoms with E-state index in [4.69, 9.17) is 4.74 Å². The molecule has 1 aromatic carbocycles. The second kappa shape index (κ2) is 6.35. The number of methoxy groups -OCH3 is 1. The van der Waals surface area contributed by atoms with E-state index in [0.29, 0.717) is 6.42 Å². The number of hydrogen-bond donors (Lipinski definition) is 1. The molecule has 18 heavy (non-hydrogen) atoms. The van der Waals surface area contributed by atoms with Crippen molar-refractivity contribution in [3.63, 3.8) is 0 Å². The summed E-state index contributed by atoms with van der Waals surface area (Å²) in [5, 5.41) is 10.5. The molecule has 1 N–H and O–H groups in total. The van der Waals surface area contributed by atoms with E-state index in [9.17, 15) is 5.11 Å². The molecule has 1 fully saturated rings. The van der Waals surface area contributed by atoms with E-state index in [1.54, 1.807) is 7.11 Å². The average molecular weight is 360 g/mol. The monoisotopic (exact) mass is 360 g/mol. The number of ether oxygens (including phenoxy) is 1. The molecular formula is C15H21IO2. The molecule has 0 aliphatic heterocycles. The summed E-state index contributed by atoms with van der Waals surface area (Å²) >= 11 is 2.30. The summed E-state index contributed by atoms with van der Waals surface area (Å²) in [6, 6.07) is 8.36. The molecule has 0 aromatic heterocycles. The minimum absolute atomic E-state index is 0.318. The molecule has 1 aromatic rings. The lowest BCUT2D eigenvalue weighted by Crippen LogP contribution is -2.46. The Labute approximate surface area is 123 Å². The molecule has 0 heterocycles. The van der Waals surface area contributed by atoms with Crippen molar-refractivity contribution in [1.29, 1.82) is 0 Å². The molecule has 1 aliphatic rings. The lowest BCUT2D eigenvalue weighted by Gasteiger charge is -2.40. The van der Waals surface area contributed by atoms with Crippen LogP contribution in [0.5, 0.6) is 0 Å². The van der Waals surface area contributed by atoms with Gasteiger partial charge in [-0.15, -0.1) is 0 Å². The SMILES string of the molecule is COC1(C(O)Cc2ccc(I)cc2)CCCCC1. The fourth-order valence-electron chi connectivity index (χ4n) is 2.85. The highest BCUT2D eigenvalue weighted by atomic mass is 127. The largest absolute Gasteiger partial charge is 0.390 e. The number of benzene rings is 1. The van der Waals surface area contributed by atoms with E-state index >= 15 is 0 Å². The normalized spacial score (nSPS) is 20.6. The second-order valence-electron chi connectivity index (χ2n) is 5.18. The average Bonchev–Trinajstić information content (AvgIpc) is 2.42. The molecule has 1 unspecified atom stereocenters. The van der Waals surface area contributed by atoms with Crippen LogP contribution < -0.4 is 0 Å². The van der Waals surface area contributed by atoms with Gasteiger partial charge in [0.15, 0.2) is 0 Å². The molecule has 2 rings (SSSR count). The summed E-state index contributed by atoms with van der Waals surface area (Å²) in [4.78, 5) is 0. The van der Waals surface area contributed by atoms with Gasteiger partial charge in [0.1, 0.15) is 0 Å². The van der Waals surface area contributed by atoms with Crippen molar-refractivity contribution >= 4 is 22.6 Å². The van der Waals surface area contributed by atoms with Crippen LogP contribution in [0.1, 0.15) is 37.7 Å². The third-order valence-electron chi connectivity index (χ3n) is 4.06. The van der Waals surface area contributed by atoms with Crippen LogP contribution in [-0.2, 0) is 11.2 Å². The summed E-state index contributed by atoms with van der Waals surface area (Å²) < 4.78 is 6.91. The smallest absolute Gasteiger partial charge is 0.0939 e. The highest BCUT2D eigenvalue weighted by Gasteiger charge is 2.38. The van der Waals surface area contributed by atoms with E-state index in [1.165, 1.54) is 15.6 Å². The Hall–Kier alpha value is -0.130. The fraction of sp³-hybridized carbons (Fsp3) is 0.600. The van der Waals surface area contributed by atoms with Gasteiger partial charge in [-0.05, 0) is 53.1 Å². The van der Waals surface area contributed by atoms with E-state index in [0.717, 1.165) is 25.7 Å². The number of rotatable bonds is 4. The van der Waals surface area contributed by atoms with Gasteiger partial charge in [-0.3, -0.25) is 0 Å². The highest BCUT2D eigenvalue weighted by molar-refractivity contribution is 14.1. The van der Waals surface area contributed by atoms with E-state index < -0.39 is 6.10 Å². The zero-order valence-electron chi connectivity index (χ0n) is 10.9. The van der Waals surface area contributed by atoms with Crippen molar-refractivity contribution in [1.82, 2.24) is 0 Å². The van der Waals surface area contributed by atoms with Crippen LogP contribution in [0, 0.1) is 3.57 Å². The molecule has 1 aliphatic carbocycles. The van der Waals surface area contributed by atoms with Crippen LogP contribution >= 0.6 is 22.6 Å². The van der Waals surface area contributed by atoms with Crippen molar-refractivity contribution < 1.29 is 9.84 Å². The predicted octanol–water partition coefficient (Wildman–Crippen LogP) is 3.54. The number of halogens is 1. The van der Waals surface area contributed by atoms with Crippen LogP contribution in [0.2, 0.25) is 0 Å². The van der Waals surface area contributed by atoms with Gasteiger partial charge in [0.2, 0.25) is 0 Å². The Morgan fingerprint density at radius 2 is 1.83 bits per heavy atom. The van der Waals surface area contributed by atoms with Crippen LogP contribution in [0.3, 0.4) is 0 Å². The molecule has 1 atom stereocenters. The van der Waals surface area contributed by atoms with E-state index in [1.807, 2.05) is 0 Å². The minimum atomic E-state index is -0.400. The Balaban J connectivity index is 2.05. The molecule has 0 saturated heterocycles. The number of aliphatic hydroxyl groups excluding tert-OH is 1. The highest BCUT2D eigenvalue weighted by Crippen LogP contribution is 2.35. The van der Waals surface area contributed by atoms with Crippen LogP contribution in [0.15, 0.2) is 24.3 Å². The van der Waals surface area contributed by atoms with Gasteiger partial charge in [0.05, 0.1) is 11.7 Å². The maximum absolute atomic E-state index is 10.5. The standard InChI is InChI=1S/C15H21IO2/c1-18-15(9-3-2-4-10-15)14(17)11-12-5-7-13(16)8-6-12/h5-8,14,17H,2-4,9-11H2,1H3. The summed E-state index contributed by atoms with van der Waals surface area (Å²) in [6.45, 7) is 0. The zero-order valence-corrected chi connectivity index (χ0v) is 13.0. The molecule has 1 saturated carbocycles. The van der Waals surface area contributed by atoms with Crippen molar-refractivity contribution in [2.45, 2.75) is 50.2 Å². The Morgan fingerprint density at radius 1 is 1.22 bits per heavy atom. The first-order valence-electron chi connectivity index (χ1n) is 6.64. The van der Waals surface area contributed by atoms with E-state index in [2.05, 4.69) is 46.9 Å². The number of aliphatic hydroxyl groups is 1. The van der Waals surface area contributed by atoms with Crippen molar-refractivity contribution in [3.05, 3.63) is 33.4 Å². The first-order chi connectivity index (χ1) is 8.66. The summed E-state index contributed by atoms with van der Waals surface area (Å²) in [5.41, 5.74) is 0.867. The molecule has 3 heteroatoms. The van der Waals surface area contributed by atoms with Gasteiger partial charge in [-0.25, -0.2) is 0 Å². The third kappa shape index (κ3) is 3.25. The van der Waals surface area contributed by atoms with Crippen molar-refractivity contribution in [3.8, 4) is 0 Å². The molecule has 0 spiro atoms. The maximum atomic E-state index is 10.5. The summed E-state index contributed by atoms with van der Waals surface area (Å²) in [5.74, 6) is 0. The van der Waals surface area contributed by atoms with Gasteiger partial charge >= 0.3 is 0 Å². The molecule has 100 valence electrons. The van der Waals surface area contributed by atoms with Gasteiger partial charge in [-0.1, -0.05) is 31.4 Å². The van der Waals surface area contributed by atoms with Crippen molar-refractivity contribution in [2.24, 2.45) is 0 Å². The first kappa shape index (κ1) is 14.3. The van der Waals surface area contributed by atoms with Crippen LogP contribution in [0.4, 0.5) is 0 Å². The van der Waals surface area contributed by atoms with Crippen LogP contribution in [0.25, 0.3) is 0 Å². The molecule has 2 nitrogen and oxygen atoms in total. The summed E-state index contributed by atoms with van der Waals surface area (Å²) in [7, 11) is 1.74. The van der Waals surface area contributed by atoms with Crippen LogP contribution in [-0.4, -0.2) is 23.9 Å². The van der Waals surface area contributed by atoms with Crippen molar-refractivity contribution in [2.75, 3.05) is 7.11 Å². The Morgan fingerprint density at radius 3 is 2.39 bits per heavy atom. The lowest BCUT2D eigenvalue weighted by molar-refractivity contribution is -0.122. The second-order valence-corrected chi connectivity index (χ2v) is 6.42. The fourth-order valence-corrected chi connectivity index (χ4v) is 3.21. The Kier molecular flexibility index (Phi) is 5.04. The zero-order chi connectivity index (χ0) is 13.0.